The third kappa shape index (κ3) is 3.80. The van der Waals surface area contributed by atoms with Gasteiger partial charge in [-0.1, -0.05) is 0 Å². The van der Waals surface area contributed by atoms with E-state index in [9.17, 15) is 4.39 Å². The van der Waals surface area contributed by atoms with Crippen LogP contribution < -0.4 is 10.5 Å². The highest BCUT2D eigenvalue weighted by atomic mass is 35.5. The molecule has 118 valence electrons. The number of hydrogen-bond acceptors (Lipinski definition) is 5. The van der Waals surface area contributed by atoms with Gasteiger partial charge >= 0.3 is 0 Å². The Balaban J connectivity index is 0.00000176. The average Bonchev–Trinajstić information content (AvgIpc) is 3.26. The van der Waals surface area contributed by atoms with Gasteiger partial charge < -0.3 is 10.5 Å². The summed E-state index contributed by atoms with van der Waals surface area (Å²) in [6, 6.07) is 7.70. The van der Waals surface area contributed by atoms with Crippen molar-refractivity contribution in [2.45, 2.75) is 18.9 Å². The van der Waals surface area contributed by atoms with Crippen LogP contribution in [0.15, 0.2) is 36.2 Å². The first kappa shape index (κ1) is 16.4. The van der Waals surface area contributed by atoms with Gasteiger partial charge in [-0.05, 0) is 42.3 Å². The van der Waals surface area contributed by atoms with Crippen LogP contribution in [0.25, 0.3) is 11.4 Å². The lowest BCUT2D eigenvalue weighted by atomic mass is 10.2. The van der Waals surface area contributed by atoms with Gasteiger partial charge in [0.2, 0.25) is 5.82 Å². The summed E-state index contributed by atoms with van der Waals surface area (Å²) in [5.41, 5.74) is 6.65. The average molecular weight is 326 g/mol. The van der Waals surface area contributed by atoms with Gasteiger partial charge in [0, 0.05) is 17.7 Å². The van der Waals surface area contributed by atoms with E-state index in [1.165, 1.54) is 0 Å². The monoisotopic (exact) mass is 325 g/mol. The molecule has 0 unspecified atom stereocenters. The Labute approximate surface area is 133 Å². The van der Waals surface area contributed by atoms with E-state index in [1.807, 2.05) is 12.1 Å². The fourth-order valence-corrected chi connectivity index (χ4v) is 1.81. The van der Waals surface area contributed by atoms with Crippen molar-refractivity contribution in [1.29, 1.82) is 0 Å². The maximum atomic E-state index is 12.4. The lowest BCUT2D eigenvalue weighted by Crippen LogP contribution is -2.10. The summed E-state index contributed by atoms with van der Waals surface area (Å²) in [5.74, 6) is 1.24. The largest absolute Gasteiger partial charge is 0.489 e. The van der Waals surface area contributed by atoms with Crippen LogP contribution in [0.2, 0.25) is 0 Å². The van der Waals surface area contributed by atoms with Gasteiger partial charge in [0.25, 0.3) is 0 Å². The van der Waals surface area contributed by atoms with Crippen LogP contribution in [0.1, 0.15) is 18.9 Å². The topological polar surface area (TPSA) is 78.9 Å². The van der Waals surface area contributed by atoms with Crippen molar-refractivity contribution in [2.24, 2.45) is 5.73 Å². The van der Waals surface area contributed by atoms with Gasteiger partial charge in [0.05, 0.1) is 12.4 Å². The molecule has 3 rings (SSSR count). The molecule has 6 nitrogen and oxygen atoms in total. The van der Waals surface area contributed by atoms with Crippen LogP contribution >= 0.6 is 12.4 Å². The molecular formula is C14H17ClFN5O. The smallest absolute Gasteiger partial charge is 0.204 e. The Bertz CT molecular complexity index is 639. The van der Waals surface area contributed by atoms with E-state index in [0.717, 1.165) is 18.4 Å². The summed E-state index contributed by atoms with van der Waals surface area (Å²) in [7, 11) is 0. The van der Waals surface area contributed by atoms with Gasteiger partial charge in [-0.15, -0.1) is 22.6 Å². The molecule has 0 atom stereocenters. The molecule has 1 saturated carbocycles. The van der Waals surface area contributed by atoms with Crippen LogP contribution in [0.5, 0.6) is 5.75 Å². The van der Waals surface area contributed by atoms with E-state index in [2.05, 4.69) is 15.4 Å². The van der Waals surface area contributed by atoms with Crippen LogP contribution in [-0.4, -0.2) is 33.4 Å². The zero-order valence-corrected chi connectivity index (χ0v) is 12.7. The first-order valence-corrected chi connectivity index (χ1v) is 6.81. The third-order valence-corrected chi connectivity index (χ3v) is 3.25. The fraction of sp³-hybridized carbons (Fsp3) is 0.357. The molecule has 0 amide bonds. The first-order valence-electron chi connectivity index (χ1n) is 6.81. The van der Waals surface area contributed by atoms with Gasteiger partial charge in [-0.3, -0.25) is 0 Å². The number of hydrogen-bond donors (Lipinski definition) is 1. The van der Waals surface area contributed by atoms with Crippen LogP contribution in [0.3, 0.4) is 0 Å². The highest BCUT2D eigenvalue weighted by Crippen LogP contribution is 2.33. The van der Waals surface area contributed by atoms with Crippen molar-refractivity contribution in [3.63, 3.8) is 0 Å². The predicted octanol–water partition coefficient (Wildman–Crippen LogP) is 2.29. The van der Waals surface area contributed by atoms with E-state index >= 15 is 0 Å². The number of aromatic nitrogens is 4. The van der Waals surface area contributed by atoms with E-state index in [4.69, 9.17) is 10.5 Å². The first-order chi connectivity index (χ1) is 10.3. The Hall–Kier alpha value is -1.99. The zero-order chi connectivity index (χ0) is 14.7. The maximum absolute atomic E-state index is 12.4. The summed E-state index contributed by atoms with van der Waals surface area (Å²) in [5, 5.41) is 12.4. The number of tetrazole rings is 1. The zero-order valence-electron chi connectivity index (χ0n) is 11.9. The standard InChI is InChI=1S/C14H16FN5O.ClH/c15-7-10(8-16)9-21-13-5-1-11(2-6-13)14-17-19-20(18-14)12-3-4-12;/h1-2,5-7,12H,3-4,8-9,16H2;1H/b10-7+;. The summed E-state index contributed by atoms with van der Waals surface area (Å²) >= 11 is 0. The fourth-order valence-electron chi connectivity index (χ4n) is 1.81. The highest BCUT2D eigenvalue weighted by molar-refractivity contribution is 5.85. The number of ether oxygens (including phenoxy) is 1. The van der Waals surface area contributed by atoms with Gasteiger partial charge in [0.1, 0.15) is 12.4 Å². The minimum atomic E-state index is 0. The minimum Gasteiger partial charge on any atom is -0.489 e. The van der Waals surface area contributed by atoms with Crippen LogP contribution in [0, 0.1) is 0 Å². The summed E-state index contributed by atoms with van der Waals surface area (Å²) in [6.07, 6.45) is 2.72. The molecule has 1 aliphatic rings. The Morgan fingerprint density at radius 2 is 2.09 bits per heavy atom. The SMILES string of the molecule is Cl.NC/C(=C\F)COc1ccc(-c2nnn(C3CC3)n2)cc1. The molecule has 1 heterocycles. The molecule has 22 heavy (non-hydrogen) atoms. The number of rotatable bonds is 6. The van der Waals surface area contributed by atoms with Gasteiger partial charge in [-0.2, -0.15) is 4.80 Å². The van der Waals surface area contributed by atoms with E-state index in [-0.39, 0.29) is 25.6 Å². The van der Waals surface area contributed by atoms with Crippen molar-refractivity contribution in [2.75, 3.05) is 13.2 Å². The van der Waals surface area contributed by atoms with Crippen molar-refractivity contribution in [3.05, 3.63) is 36.2 Å². The molecule has 0 spiro atoms. The van der Waals surface area contributed by atoms with E-state index < -0.39 is 0 Å². The number of nitrogens with two attached hydrogens (primary N) is 1. The molecular weight excluding hydrogens is 309 g/mol. The Kier molecular flexibility index (Phi) is 5.46. The van der Waals surface area contributed by atoms with Gasteiger partial charge in [-0.25, -0.2) is 4.39 Å². The molecule has 2 N–H and O–H groups in total. The summed E-state index contributed by atoms with van der Waals surface area (Å²) in [6.45, 7) is 0.283. The molecule has 1 aromatic heterocycles. The van der Waals surface area contributed by atoms with Crippen molar-refractivity contribution < 1.29 is 9.13 Å². The Morgan fingerprint density at radius 3 is 2.68 bits per heavy atom. The van der Waals surface area contributed by atoms with Crippen molar-refractivity contribution >= 4 is 12.4 Å². The lowest BCUT2D eigenvalue weighted by molar-refractivity contribution is 0.347. The molecule has 0 aliphatic heterocycles. The van der Waals surface area contributed by atoms with Crippen LogP contribution in [-0.2, 0) is 0 Å². The molecule has 1 aliphatic carbocycles. The second kappa shape index (κ2) is 7.33. The third-order valence-electron chi connectivity index (χ3n) is 3.25. The number of halogens is 2. The summed E-state index contributed by atoms with van der Waals surface area (Å²) < 4.78 is 17.8. The molecule has 1 fully saturated rings. The lowest BCUT2D eigenvalue weighted by Gasteiger charge is -2.07. The van der Waals surface area contributed by atoms with E-state index in [1.54, 1.807) is 16.9 Å². The number of nitrogens with zero attached hydrogens (tertiary/aromatic N) is 4. The summed E-state index contributed by atoms with van der Waals surface area (Å²) in [4.78, 5) is 1.67. The Morgan fingerprint density at radius 1 is 1.36 bits per heavy atom. The quantitative estimate of drug-likeness (QED) is 0.881. The van der Waals surface area contributed by atoms with Gasteiger partial charge in [0.15, 0.2) is 0 Å². The highest BCUT2D eigenvalue weighted by Gasteiger charge is 2.26. The molecule has 8 heteroatoms. The maximum Gasteiger partial charge on any atom is 0.204 e. The normalized spacial score (nSPS) is 14.5. The molecule has 1 aromatic carbocycles. The van der Waals surface area contributed by atoms with E-state index in [0.29, 0.717) is 29.5 Å². The second-order valence-electron chi connectivity index (χ2n) is 4.95. The molecule has 2 aromatic rings. The number of benzene rings is 1. The van der Waals surface area contributed by atoms with Crippen molar-refractivity contribution in [3.8, 4) is 17.1 Å². The second-order valence-corrected chi connectivity index (χ2v) is 4.95. The molecule has 0 bridgehead atoms. The predicted molar refractivity (Wildman–Crippen MR) is 82.5 cm³/mol. The minimum absolute atomic E-state index is 0. The molecule has 0 saturated heterocycles. The van der Waals surface area contributed by atoms with Crippen molar-refractivity contribution in [1.82, 2.24) is 20.2 Å². The molecule has 0 radical (unpaired) electrons. The van der Waals surface area contributed by atoms with Crippen LogP contribution in [0.4, 0.5) is 4.39 Å².